The van der Waals surface area contributed by atoms with Gasteiger partial charge in [-0.15, -0.1) is 0 Å². The van der Waals surface area contributed by atoms with Crippen LogP contribution in [0, 0.1) is 0 Å². The summed E-state index contributed by atoms with van der Waals surface area (Å²) in [5.41, 5.74) is 6.91. The van der Waals surface area contributed by atoms with Gasteiger partial charge in [-0.2, -0.15) is 0 Å². The number of halogens is 1. The first kappa shape index (κ1) is 21.3. The first-order valence-electron chi connectivity index (χ1n) is 10.2. The molecule has 0 aliphatic heterocycles. The van der Waals surface area contributed by atoms with Crippen molar-refractivity contribution in [2.75, 3.05) is 10.7 Å². The van der Waals surface area contributed by atoms with E-state index in [0.717, 1.165) is 27.6 Å². The number of amides is 1. The minimum atomic E-state index is -0.718. The van der Waals surface area contributed by atoms with Gasteiger partial charge in [-0.1, -0.05) is 38.6 Å². The minimum Gasteiger partial charge on any atom is -0.361 e. The largest absolute Gasteiger partial charge is 0.361 e. The van der Waals surface area contributed by atoms with Gasteiger partial charge in [0.2, 0.25) is 0 Å². The van der Waals surface area contributed by atoms with E-state index in [2.05, 4.69) is 27.3 Å². The monoisotopic (exact) mass is 429 g/mol. The van der Waals surface area contributed by atoms with Crippen LogP contribution in [0.15, 0.2) is 67.5 Å². The lowest BCUT2D eigenvalue weighted by Crippen LogP contribution is -2.18. The summed E-state index contributed by atoms with van der Waals surface area (Å²) in [6, 6.07) is 14.9. The number of rotatable bonds is 6. The van der Waals surface area contributed by atoms with E-state index in [1.807, 2.05) is 50.4 Å². The van der Waals surface area contributed by atoms with Crippen molar-refractivity contribution in [1.82, 2.24) is 9.97 Å². The standard InChI is InChI=1S/C25H24FN5O/c1-14(2)17-7-5-10-29-24(17)25(32)30-21-12-16(13-22(31-27)23(21)15(3)26)18-6-4-8-20-19(18)9-11-28-20/h4-14,28,31H,3,27H2,1-2H3,(H,30,32). The fourth-order valence-electron chi connectivity index (χ4n) is 3.89. The Morgan fingerprint density at radius 1 is 1.16 bits per heavy atom. The molecule has 5 N–H and O–H groups in total. The van der Waals surface area contributed by atoms with Gasteiger partial charge in [-0.05, 0) is 52.9 Å². The Balaban J connectivity index is 1.86. The number of nitrogen functional groups attached to an aromatic ring is 1. The van der Waals surface area contributed by atoms with E-state index in [-0.39, 0.29) is 17.2 Å². The number of pyridine rings is 1. The predicted octanol–water partition coefficient (Wildman–Crippen LogP) is 5.83. The van der Waals surface area contributed by atoms with Crippen molar-refractivity contribution in [3.63, 3.8) is 0 Å². The Kier molecular flexibility index (Phi) is 5.75. The van der Waals surface area contributed by atoms with Crippen LogP contribution in [0.1, 0.15) is 41.4 Å². The van der Waals surface area contributed by atoms with E-state index in [4.69, 9.17) is 5.84 Å². The molecule has 0 spiro atoms. The van der Waals surface area contributed by atoms with Crippen molar-refractivity contribution < 1.29 is 9.18 Å². The van der Waals surface area contributed by atoms with Crippen LogP contribution in [0.3, 0.4) is 0 Å². The van der Waals surface area contributed by atoms with Crippen LogP contribution in [0.2, 0.25) is 0 Å². The molecule has 32 heavy (non-hydrogen) atoms. The lowest BCUT2D eigenvalue weighted by molar-refractivity contribution is 0.102. The summed E-state index contributed by atoms with van der Waals surface area (Å²) in [5, 5.41) is 3.82. The van der Waals surface area contributed by atoms with E-state index >= 15 is 0 Å². The molecule has 0 saturated carbocycles. The number of nitrogens with one attached hydrogen (secondary N) is 3. The topological polar surface area (TPSA) is 95.8 Å². The lowest BCUT2D eigenvalue weighted by atomic mass is 9.97. The van der Waals surface area contributed by atoms with Crippen LogP contribution in [0.5, 0.6) is 0 Å². The number of aromatic nitrogens is 2. The highest BCUT2D eigenvalue weighted by atomic mass is 19.1. The fraction of sp³-hybridized carbons (Fsp3) is 0.120. The number of nitrogens with two attached hydrogens (primary N) is 1. The van der Waals surface area contributed by atoms with Crippen LogP contribution in [0.4, 0.5) is 15.8 Å². The summed E-state index contributed by atoms with van der Waals surface area (Å²) >= 11 is 0. The second-order valence-corrected chi connectivity index (χ2v) is 7.79. The van der Waals surface area contributed by atoms with Crippen LogP contribution < -0.4 is 16.6 Å². The molecule has 0 bridgehead atoms. The van der Waals surface area contributed by atoms with E-state index in [9.17, 15) is 9.18 Å². The number of anilines is 2. The zero-order valence-electron chi connectivity index (χ0n) is 17.9. The molecule has 0 fully saturated rings. The normalized spacial score (nSPS) is 11.0. The quantitative estimate of drug-likeness (QED) is 0.229. The maximum absolute atomic E-state index is 14.5. The summed E-state index contributed by atoms with van der Waals surface area (Å²) < 4.78 is 14.5. The number of hydrogen-bond donors (Lipinski definition) is 4. The number of fused-ring (bicyclic) bond motifs is 1. The molecule has 0 radical (unpaired) electrons. The van der Waals surface area contributed by atoms with E-state index in [1.165, 1.54) is 0 Å². The molecule has 2 aromatic heterocycles. The summed E-state index contributed by atoms with van der Waals surface area (Å²) in [6.07, 6.45) is 3.41. The average molecular weight is 429 g/mol. The molecule has 0 aliphatic carbocycles. The van der Waals surface area contributed by atoms with Crippen molar-refractivity contribution >= 4 is 34.0 Å². The molecule has 7 heteroatoms. The van der Waals surface area contributed by atoms with Crippen molar-refractivity contribution in [2.45, 2.75) is 19.8 Å². The molecule has 0 saturated heterocycles. The highest BCUT2D eigenvalue weighted by molar-refractivity contribution is 6.07. The highest BCUT2D eigenvalue weighted by Gasteiger charge is 2.20. The Labute approximate surface area is 185 Å². The van der Waals surface area contributed by atoms with Crippen molar-refractivity contribution in [1.29, 1.82) is 0 Å². The highest BCUT2D eigenvalue weighted by Crippen LogP contribution is 2.38. The molecule has 4 aromatic rings. The van der Waals surface area contributed by atoms with Crippen molar-refractivity contribution in [2.24, 2.45) is 5.84 Å². The van der Waals surface area contributed by atoms with Gasteiger partial charge in [-0.25, -0.2) is 4.39 Å². The van der Waals surface area contributed by atoms with Crippen molar-refractivity contribution in [3.05, 3.63) is 84.3 Å². The van der Waals surface area contributed by atoms with E-state index < -0.39 is 11.7 Å². The van der Waals surface area contributed by atoms with Gasteiger partial charge in [0.25, 0.3) is 5.91 Å². The maximum Gasteiger partial charge on any atom is 0.274 e. The molecule has 1 amide bonds. The molecule has 2 aromatic carbocycles. The average Bonchev–Trinajstić information content (AvgIpc) is 3.27. The van der Waals surface area contributed by atoms with Gasteiger partial charge in [0.05, 0.1) is 16.9 Å². The third-order valence-corrected chi connectivity index (χ3v) is 5.40. The molecule has 2 heterocycles. The number of nitrogens with zero attached hydrogens (tertiary/aromatic N) is 1. The van der Waals surface area contributed by atoms with Crippen molar-refractivity contribution in [3.8, 4) is 11.1 Å². The summed E-state index contributed by atoms with van der Waals surface area (Å²) in [5.74, 6) is 4.66. The number of carbonyl (C=O) groups is 1. The number of H-pyrrole nitrogens is 1. The van der Waals surface area contributed by atoms with Crippen LogP contribution >= 0.6 is 0 Å². The summed E-state index contributed by atoms with van der Waals surface area (Å²) in [4.78, 5) is 20.6. The van der Waals surface area contributed by atoms with Gasteiger partial charge >= 0.3 is 0 Å². The Hall–Kier alpha value is -3.97. The number of benzene rings is 2. The number of hydrogen-bond acceptors (Lipinski definition) is 4. The molecular weight excluding hydrogens is 405 g/mol. The maximum atomic E-state index is 14.5. The first-order valence-corrected chi connectivity index (χ1v) is 10.2. The fourth-order valence-corrected chi connectivity index (χ4v) is 3.89. The first-order chi connectivity index (χ1) is 15.4. The van der Waals surface area contributed by atoms with Gasteiger partial charge in [-0.3, -0.25) is 15.6 Å². The molecule has 0 unspecified atom stereocenters. The smallest absolute Gasteiger partial charge is 0.274 e. The zero-order valence-corrected chi connectivity index (χ0v) is 17.9. The lowest BCUT2D eigenvalue weighted by Gasteiger charge is -2.18. The van der Waals surface area contributed by atoms with E-state index in [1.54, 1.807) is 24.4 Å². The van der Waals surface area contributed by atoms with Crippen LogP contribution in [0.25, 0.3) is 27.9 Å². The number of aromatic amines is 1. The summed E-state index contributed by atoms with van der Waals surface area (Å²) in [7, 11) is 0. The second kappa shape index (κ2) is 8.64. The molecule has 4 rings (SSSR count). The third kappa shape index (κ3) is 3.86. The summed E-state index contributed by atoms with van der Waals surface area (Å²) in [6.45, 7) is 7.40. The molecular formula is C25H24FN5O. The molecule has 0 atom stereocenters. The van der Waals surface area contributed by atoms with Gasteiger partial charge in [0.15, 0.2) is 0 Å². The Bertz CT molecular complexity index is 1330. The van der Waals surface area contributed by atoms with Crippen LogP contribution in [-0.2, 0) is 0 Å². The minimum absolute atomic E-state index is 0.0906. The Morgan fingerprint density at radius 3 is 2.66 bits per heavy atom. The zero-order chi connectivity index (χ0) is 22.8. The predicted molar refractivity (Wildman–Crippen MR) is 128 cm³/mol. The number of carbonyl (C=O) groups excluding carboxylic acids is 1. The third-order valence-electron chi connectivity index (χ3n) is 5.40. The second-order valence-electron chi connectivity index (χ2n) is 7.79. The molecule has 162 valence electrons. The van der Waals surface area contributed by atoms with Gasteiger partial charge < -0.3 is 15.7 Å². The Morgan fingerprint density at radius 2 is 1.94 bits per heavy atom. The van der Waals surface area contributed by atoms with Crippen LogP contribution in [-0.4, -0.2) is 15.9 Å². The van der Waals surface area contributed by atoms with Gasteiger partial charge in [0.1, 0.15) is 11.5 Å². The molecule has 6 nitrogen and oxygen atoms in total. The SMILES string of the molecule is C=C(F)c1c(NN)cc(-c2cccc3[nH]ccc23)cc1NC(=O)c1ncccc1C(C)C. The molecule has 0 aliphatic rings. The van der Waals surface area contributed by atoms with E-state index in [0.29, 0.717) is 11.4 Å². The van der Waals surface area contributed by atoms with Gasteiger partial charge in [0, 0.05) is 23.3 Å². The number of hydrazine groups is 1.